The zero-order valence-electron chi connectivity index (χ0n) is 20.0. The van der Waals surface area contributed by atoms with Gasteiger partial charge in [0, 0.05) is 17.5 Å². The average molecular weight is 629 g/mol. The third kappa shape index (κ3) is 3.93. The molecule has 1 aliphatic carbocycles. The van der Waals surface area contributed by atoms with Crippen LogP contribution >= 0.6 is 31.9 Å². The number of halogens is 2. The van der Waals surface area contributed by atoms with E-state index in [1.165, 1.54) is 6.33 Å². The van der Waals surface area contributed by atoms with Crippen molar-refractivity contribution >= 4 is 77.2 Å². The number of pyridine rings is 1. The van der Waals surface area contributed by atoms with Gasteiger partial charge in [0.2, 0.25) is 11.8 Å². The number of amides is 2. The number of hydrogen-bond acceptors (Lipinski definition) is 7. The van der Waals surface area contributed by atoms with Gasteiger partial charge < -0.3 is 25.3 Å². The first-order valence-electron chi connectivity index (χ1n) is 11.7. The van der Waals surface area contributed by atoms with Crippen molar-refractivity contribution in [2.45, 2.75) is 38.4 Å². The molecule has 4 aromatic rings. The van der Waals surface area contributed by atoms with Crippen LogP contribution in [0.15, 0.2) is 45.7 Å². The Hall–Kier alpha value is -3.25. The predicted molar refractivity (Wildman–Crippen MR) is 146 cm³/mol. The lowest BCUT2D eigenvalue weighted by Crippen LogP contribution is -2.46. The van der Waals surface area contributed by atoms with E-state index in [-0.39, 0.29) is 29.8 Å². The van der Waals surface area contributed by atoms with Gasteiger partial charge in [-0.2, -0.15) is 0 Å². The van der Waals surface area contributed by atoms with E-state index in [2.05, 4.69) is 59.1 Å². The zero-order valence-corrected chi connectivity index (χ0v) is 23.2. The number of fused-ring (bicyclic) bond motifs is 4. The van der Waals surface area contributed by atoms with Gasteiger partial charge in [-0.25, -0.2) is 15.0 Å². The van der Waals surface area contributed by atoms with E-state index in [1.54, 1.807) is 30.2 Å². The molecule has 0 radical (unpaired) electrons. The minimum atomic E-state index is -0.589. The molecule has 190 valence electrons. The summed E-state index contributed by atoms with van der Waals surface area (Å²) in [6.45, 7) is 2.12. The van der Waals surface area contributed by atoms with Gasteiger partial charge in [-0.1, -0.05) is 13.0 Å². The molecule has 3 N–H and O–H groups in total. The molecule has 4 heterocycles. The number of rotatable bonds is 5. The Kier molecular flexibility index (Phi) is 5.64. The standard InChI is InChI=1S/C25H23Br2N7O3/c1-25-8-15(24(36)32-19-5-3-4-18(27)31-19)34(17(25)9-25)20(35)10-33-14-7-16(37-2)13(26)6-12(14)21-22(28)29-11-30-23(21)33/h3-7,11,15,17H,8-10H2,1-2H3,(H2,28,29,30)(H,31,32,36)/t15-,17+,25-/m0/s1. The van der Waals surface area contributed by atoms with E-state index in [4.69, 9.17) is 10.5 Å². The smallest absolute Gasteiger partial charge is 0.248 e. The highest BCUT2D eigenvalue weighted by atomic mass is 79.9. The lowest BCUT2D eigenvalue weighted by Gasteiger charge is -2.27. The summed E-state index contributed by atoms with van der Waals surface area (Å²) in [7, 11) is 1.58. The number of nitrogens with one attached hydrogen (secondary N) is 1. The number of nitrogens with two attached hydrogens (primary N) is 1. The topological polar surface area (TPSA) is 128 Å². The van der Waals surface area contributed by atoms with Crippen molar-refractivity contribution in [3.63, 3.8) is 0 Å². The molecular weight excluding hydrogens is 606 g/mol. The van der Waals surface area contributed by atoms with Gasteiger partial charge >= 0.3 is 0 Å². The second kappa shape index (κ2) is 8.66. The monoisotopic (exact) mass is 627 g/mol. The molecule has 3 atom stereocenters. The molecule has 6 rings (SSSR count). The number of ether oxygens (including phenoxy) is 1. The Morgan fingerprint density at radius 3 is 2.81 bits per heavy atom. The third-order valence-corrected chi connectivity index (χ3v) is 8.49. The minimum Gasteiger partial charge on any atom is -0.495 e. The van der Waals surface area contributed by atoms with Gasteiger partial charge in [-0.3, -0.25) is 9.59 Å². The lowest BCUT2D eigenvalue weighted by atomic mass is 10.0. The van der Waals surface area contributed by atoms with E-state index >= 15 is 0 Å². The van der Waals surface area contributed by atoms with Crippen LogP contribution in [-0.2, 0) is 16.1 Å². The summed E-state index contributed by atoms with van der Waals surface area (Å²) in [5, 5.41) is 4.35. The molecule has 1 saturated carbocycles. The van der Waals surface area contributed by atoms with E-state index in [0.29, 0.717) is 39.4 Å². The van der Waals surface area contributed by atoms with Crippen molar-refractivity contribution in [3.8, 4) is 5.75 Å². The highest BCUT2D eigenvalue weighted by Gasteiger charge is 2.64. The van der Waals surface area contributed by atoms with Crippen LogP contribution in [0.3, 0.4) is 0 Å². The Morgan fingerprint density at radius 2 is 2.05 bits per heavy atom. The van der Waals surface area contributed by atoms with Gasteiger partial charge in [0.1, 0.15) is 46.5 Å². The number of carbonyl (C=O) groups excluding carboxylic acids is 2. The normalized spacial score (nSPS) is 22.3. The predicted octanol–water partition coefficient (Wildman–Crippen LogP) is 4.11. The van der Waals surface area contributed by atoms with E-state index in [1.807, 2.05) is 16.7 Å². The summed E-state index contributed by atoms with van der Waals surface area (Å²) < 4.78 is 8.70. The van der Waals surface area contributed by atoms with Crippen LogP contribution in [0.5, 0.6) is 5.75 Å². The molecule has 2 fully saturated rings. The van der Waals surface area contributed by atoms with Crippen LogP contribution in [0, 0.1) is 5.41 Å². The van der Waals surface area contributed by atoms with E-state index < -0.39 is 6.04 Å². The van der Waals surface area contributed by atoms with E-state index in [0.717, 1.165) is 21.8 Å². The number of methoxy groups -OCH3 is 1. The summed E-state index contributed by atoms with van der Waals surface area (Å²) >= 11 is 6.86. The third-order valence-electron chi connectivity index (χ3n) is 7.43. The second-order valence-corrected chi connectivity index (χ2v) is 11.4. The summed E-state index contributed by atoms with van der Waals surface area (Å²) in [5.41, 5.74) is 7.46. The number of anilines is 2. The van der Waals surface area contributed by atoms with Crippen molar-refractivity contribution in [1.82, 2.24) is 24.4 Å². The molecule has 0 bridgehead atoms. The van der Waals surface area contributed by atoms with E-state index in [9.17, 15) is 9.59 Å². The number of likely N-dealkylation sites (tertiary alicyclic amines) is 1. The fourth-order valence-electron chi connectivity index (χ4n) is 5.51. The van der Waals surface area contributed by atoms with Crippen LogP contribution < -0.4 is 15.8 Å². The highest BCUT2D eigenvalue weighted by Crippen LogP contribution is 2.59. The first-order chi connectivity index (χ1) is 17.7. The lowest BCUT2D eigenvalue weighted by molar-refractivity contribution is -0.138. The quantitative estimate of drug-likeness (QED) is 0.318. The first-order valence-corrected chi connectivity index (χ1v) is 13.3. The van der Waals surface area contributed by atoms with Crippen molar-refractivity contribution in [2.75, 3.05) is 18.2 Å². The largest absolute Gasteiger partial charge is 0.495 e. The maximum atomic E-state index is 13.9. The molecule has 2 amide bonds. The molecular formula is C25H23Br2N7O3. The van der Waals surface area contributed by atoms with Crippen LogP contribution in [-0.4, -0.2) is 55.4 Å². The fourth-order valence-corrected chi connectivity index (χ4v) is 6.36. The minimum absolute atomic E-state index is 0.00721. The Balaban J connectivity index is 1.37. The molecule has 3 aromatic heterocycles. The number of piperidine rings is 1. The molecule has 0 spiro atoms. The van der Waals surface area contributed by atoms with Crippen LogP contribution in [0.4, 0.5) is 11.6 Å². The van der Waals surface area contributed by atoms with Crippen LogP contribution in [0.2, 0.25) is 0 Å². The fraction of sp³-hybridized carbons (Fsp3) is 0.320. The molecule has 10 nitrogen and oxygen atoms in total. The van der Waals surface area contributed by atoms with Crippen molar-refractivity contribution < 1.29 is 14.3 Å². The molecule has 12 heteroatoms. The molecule has 0 unspecified atom stereocenters. The average Bonchev–Trinajstić information content (AvgIpc) is 3.28. The Morgan fingerprint density at radius 1 is 1.24 bits per heavy atom. The number of hydrogen-bond donors (Lipinski definition) is 2. The summed E-state index contributed by atoms with van der Waals surface area (Å²) in [6.07, 6.45) is 2.87. The van der Waals surface area contributed by atoms with Crippen LogP contribution in [0.1, 0.15) is 19.8 Å². The first kappa shape index (κ1) is 24.1. The van der Waals surface area contributed by atoms with Gasteiger partial charge in [-0.15, -0.1) is 0 Å². The van der Waals surface area contributed by atoms with Crippen molar-refractivity contribution in [3.05, 3.63) is 45.7 Å². The van der Waals surface area contributed by atoms with Crippen LogP contribution in [0.25, 0.3) is 21.9 Å². The molecule has 1 saturated heterocycles. The number of nitrogen functional groups attached to an aromatic ring is 1. The Labute approximate surface area is 228 Å². The SMILES string of the molecule is COc1cc2c(cc1Br)c1c(N)ncnc1n2CC(=O)N1[C@H](C(=O)Nc2cccc(Br)n2)C[C@@]2(C)C[C@@H]12. The number of aromatic nitrogens is 4. The summed E-state index contributed by atoms with van der Waals surface area (Å²) in [6, 6.07) is 8.48. The maximum absolute atomic E-state index is 13.9. The highest BCUT2D eigenvalue weighted by molar-refractivity contribution is 9.10. The second-order valence-electron chi connectivity index (χ2n) is 9.78. The number of carbonyl (C=O) groups is 2. The van der Waals surface area contributed by atoms with Crippen molar-refractivity contribution in [1.29, 1.82) is 0 Å². The molecule has 1 aliphatic heterocycles. The van der Waals surface area contributed by atoms with Gasteiger partial charge in [0.25, 0.3) is 0 Å². The number of nitrogens with zero attached hydrogens (tertiary/aromatic N) is 5. The Bertz CT molecular complexity index is 1610. The maximum Gasteiger partial charge on any atom is 0.248 e. The van der Waals surface area contributed by atoms with Crippen molar-refractivity contribution in [2.24, 2.45) is 5.41 Å². The zero-order chi connectivity index (χ0) is 26.1. The van der Waals surface area contributed by atoms with Gasteiger partial charge in [0.15, 0.2) is 0 Å². The van der Waals surface area contributed by atoms with Gasteiger partial charge in [-0.05, 0) is 68.3 Å². The summed E-state index contributed by atoms with van der Waals surface area (Å²) in [4.78, 5) is 41.9. The molecule has 1 aromatic carbocycles. The summed E-state index contributed by atoms with van der Waals surface area (Å²) in [5.74, 6) is 0.973. The molecule has 37 heavy (non-hydrogen) atoms. The number of benzene rings is 1. The molecule has 2 aliphatic rings. The van der Waals surface area contributed by atoms with Gasteiger partial charge in [0.05, 0.1) is 22.5 Å².